The first-order valence-electron chi connectivity index (χ1n) is 22.7. The van der Waals surface area contributed by atoms with Crippen molar-refractivity contribution < 1.29 is 32.9 Å². The molecule has 0 fully saturated rings. The molecule has 0 aromatic carbocycles. The number of carbonyl (C=O) groups is 1. The van der Waals surface area contributed by atoms with Crippen molar-refractivity contribution in [3.8, 4) is 0 Å². The third-order valence-corrected chi connectivity index (χ3v) is 11.2. The van der Waals surface area contributed by atoms with E-state index in [-0.39, 0.29) is 19.1 Å². The van der Waals surface area contributed by atoms with E-state index in [1.807, 2.05) is 21.1 Å². The molecule has 0 heterocycles. The van der Waals surface area contributed by atoms with E-state index in [1.165, 1.54) is 135 Å². The summed E-state index contributed by atoms with van der Waals surface area (Å²) in [6, 6.07) is -0.776. The van der Waals surface area contributed by atoms with Crippen LogP contribution < -0.4 is 5.32 Å². The third-order valence-electron chi connectivity index (χ3n) is 10.2. The summed E-state index contributed by atoms with van der Waals surface area (Å²) < 4.78 is 23.6. The lowest BCUT2D eigenvalue weighted by molar-refractivity contribution is -0.870. The number of amides is 1. The van der Waals surface area contributed by atoms with Crippen LogP contribution in [0.3, 0.4) is 0 Å². The van der Waals surface area contributed by atoms with Crippen molar-refractivity contribution in [3.63, 3.8) is 0 Å². The maximum absolute atomic E-state index is 12.9. The molecular formula is C45H90N2O6P+. The maximum Gasteiger partial charge on any atom is 0.472 e. The van der Waals surface area contributed by atoms with Gasteiger partial charge in [-0.05, 0) is 64.2 Å². The minimum atomic E-state index is -4.32. The fourth-order valence-corrected chi connectivity index (χ4v) is 7.24. The highest BCUT2D eigenvalue weighted by molar-refractivity contribution is 7.47. The van der Waals surface area contributed by atoms with Crippen molar-refractivity contribution in [1.82, 2.24) is 5.32 Å². The predicted molar refractivity (Wildman–Crippen MR) is 231 cm³/mol. The summed E-state index contributed by atoms with van der Waals surface area (Å²) in [7, 11) is 1.60. The van der Waals surface area contributed by atoms with Gasteiger partial charge in [0, 0.05) is 6.42 Å². The molecule has 0 radical (unpaired) electrons. The molecular weight excluding hydrogens is 695 g/mol. The summed E-state index contributed by atoms with van der Waals surface area (Å²) in [5, 5.41) is 13.9. The van der Waals surface area contributed by atoms with Crippen LogP contribution in [0.15, 0.2) is 24.3 Å². The van der Waals surface area contributed by atoms with Crippen molar-refractivity contribution in [2.45, 2.75) is 219 Å². The number of phosphoric acid groups is 1. The van der Waals surface area contributed by atoms with Gasteiger partial charge < -0.3 is 19.8 Å². The largest absolute Gasteiger partial charge is 0.472 e. The Balaban J connectivity index is 4.39. The highest BCUT2D eigenvalue weighted by atomic mass is 31.2. The minimum absolute atomic E-state index is 0.0693. The van der Waals surface area contributed by atoms with E-state index in [0.717, 1.165) is 44.9 Å². The van der Waals surface area contributed by atoms with Crippen LogP contribution in [0.1, 0.15) is 206 Å². The molecule has 0 saturated heterocycles. The SMILES string of the molecule is CCCCCCCC/C=C/CCCCCCCCCC(=O)N[C@@H](COP(=O)(O)OCC[N+](C)(C)C)[C@H](O)CCCC/C=C/CCCCCCCCCCC. The number of nitrogens with zero attached hydrogens (tertiary/aromatic N) is 1. The third kappa shape index (κ3) is 39.2. The van der Waals surface area contributed by atoms with Gasteiger partial charge in [-0.15, -0.1) is 0 Å². The molecule has 0 aromatic rings. The van der Waals surface area contributed by atoms with Gasteiger partial charge in [0.05, 0.1) is 39.9 Å². The molecule has 320 valence electrons. The number of phosphoric ester groups is 1. The van der Waals surface area contributed by atoms with Crippen LogP contribution >= 0.6 is 7.82 Å². The molecule has 1 amide bonds. The lowest BCUT2D eigenvalue weighted by Crippen LogP contribution is -2.46. The van der Waals surface area contributed by atoms with E-state index >= 15 is 0 Å². The van der Waals surface area contributed by atoms with Crippen molar-refractivity contribution in [1.29, 1.82) is 0 Å². The van der Waals surface area contributed by atoms with E-state index in [4.69, 9.17) is 9.05 Å². The molecule has 0 bridgehead atoms. The first-order chi connectivity index (χ1) is 26.0. The summed E-state index contributed by atoms with van der Waals surface area (Å²) in [4.78, 5) is 23.1. The molecule has 0 aliphatic heterocycles. The first-order valence-corrected chi connectivity index (χ1v) is 24.2. The van der Waals surface area contributed by atoms with E-state index in [1.54, 1.807) is 0 Å². The zero-order valence-electron chi connectivity index (χ0n) is 36.2. The van der Waals surface area contributed by atoms with Crippen LogP contribution in [0.5, 0.6) is 0 Å². The van der Waals surface area contributed by atoms with Gasteiger partial charge in [0.1, 0.15) is 13.2 Å². The molecule has 8 nitrogen and oxygen atoms in total. The highest BCUT2D eigenvalue weighted by Crippen LogP contribution is 2.43. The molecule has 0 aromatic heterocycles. The van der Waals surface area contributed by atoms with Gasteiger partial charge in [0.15, 0.2) is 0 Å². The van der Waals surface area contributed by atoms with Gasteiger partial charge in [-0.2, -0.15) is 0 Å². The van der Waals surface area contributed by atoms with Gasteiger partial charge in [0.2, 0.25) is 5.91 Å². The lowest BCUT2D eigenvalue weighted by atomic mass is 10.0. The Morgan fingerprint density at radius 2 is 1.00 bits per heavy atom. The number of carbonyl (C=O) groups excluding carboxylic acids is 1. The van der Waals surface area contributed by atoms with Crippen molar-refractivity contribution in [2.24, 2.45) is 0 Å². The molecule has 0 aliphatic carbocycles. The number of hydrogen-bond donors (Lipinski definition) is 3. The number of aliphatic hydroxyl groups is 1. The van der Waals surface area contributed by atoms with E-state index < -0.39 is 20.0 Å². The fraction of sp³-hybridized carbons (Fsp3) is 0.889. The Morgan fingerprint density at radius 1 is 0.611 bits per heavy atom. The smallest absolute Gasteiger partial charge is 0.391 e. The zero-order valence-corrected chi connectivity index (χ0v) is 37.1. The average Bonchev–Trinajstić information content (AvgIpc) is 3.12. The van der Waals surface area contributed by atoms with Crippen LogP contribution in [-0.2, 0) is 18.4 Å². The summed E-state index contributed by atoms with van der Waals surface area (Å²) >= 11 is 0. The Bertz CT molecular complexity index is 938. The molecule has 1 unspecified atom stereocenters. The minimum Gasteiger partial charge on any atom is -0.391 e. The van der Waals surface area contributed by atoms with Crippen molar-refractivity contribution in [2.75, 3.05) is 40.9 Å². The van der Waals surface area contributed by atoms with Gasteiger partial charge in [-0.1, -0.05) is 160 Å². The predicted octanol–water partition coefficient (Wildman–Crippen LogP) is 12.5. The standard InChI is InChI=1S/C45H89N2O6P/c1-6-8-10-12-14-16-18-20-22-23-25-27-29-31-33-35-37-39-45(49)46-43(42-53-54(50,51)52-41-40-47(3,4)5)44(48)38-36-34-32-30-28-26-24-21-19-17-15-13-11-9-7-2/h20,22,28,30,43-44,48H,6-19,21,23-27,29,31-42H2,1-5H3,(H-,46,49,50,51)/p+1/b22-20+,30-28+/t43-,44+/m0/s1. The number of likely N-dealkylation sites (N-methyl/N-ethyl adjacent to an activating group) is 1. The van der Waals surface area contributed by atoms with Gasteiger partial charge in [-0.25, -0.2) is 4.57 Å². The van der Waals surface area contributed by atoms with E-state index in [0.29, 0.717) is 23.9 Å². The van der Waals surface area contributed by atoms with Crippen LogP contribution in [-0.4, -0.2) is 73.4 Å². The number of unbranched alkanes of at least 4 members (excludes halogenated alkanes) is 24. The number of allylic oxidation sites excluding steroid dienone is 4. The van der Waals surface area contributed by atoms with E-state index in [9.17, 15) is 19.4 Å². The summed E-state index contributed by atoms with van der Waals surface area (Å²) in [5.74, 6) is -0.159. The fourth-order valence-electron chi connectivity index (χ4n) is 6.50. The van der Waals surface area contributed by atoms with Crippen molar-refractivity contribution >= 4 is 13.7 Å². The first kappa shape index (κ1) is 53.0. The Morgan fingerprint density at radius 3 is 1.43 bits per heavy atom. The monoisotopic (exact) mass is 786 g/mol. The van der Waals surface area contributed by atoms with Gasteiger partial charge in [-0.3, -0.25) is 13.8 Å². The Kier molecular flexibility index (Phi) is 36.8. The molecule has 3 atom stereocenters. The average molecular weight is 786 g/mol. The van der Waals surface area contributed by atoms with Gasteiger partial charge in [0.25, 0.3) is 0 Å². The van der Waals surface area contributed by atoms with Crippen LogP contribution in [0.25, 0.3) is 0 Å². The molecule has 0 spiro atoms. The molecule has 0 rings (SSSR count). The number of hydrogen-bond acceptors (Lipinski definition) is 5. The van der Waals surface area contributed by atoms with Crippen LogP contribution in [0.4, 0.5) is 0 Å². The second-order valence-corrected chi connectivity index (χ2v) is 18.2. The molecule has 0 saturated carbocycles. The molecule has 3 N–H and O–H groups in total. The summed E-state index contributed by atoms with van der Waals surface area (Å²) in [5.41, 5.74) is 0. The molecule has 0 aliphatic rings. The number of nitrogens with one attached hydrogen (secondary N) is 1. The number of aliphatic hydroxyl groups excluding tert-OH is 1. The zero-order chi connectivity index (χ0) is 40.0. The summed E-state index contributed by atoms with van der Waals surface area (Å²) in [6.07, 6.45) is 43.4. The molecule has 54 heavy (non-hydrogen) atoms. The number of rotatable bonds is 41. The Hall–Kier alpha value is -1.02. The van der Waals surface area contributed by atoms with Crippen LogP contribution in [0, 0.1) is 0 Å². The lowest BCUT2D eigenvalue weighted by Gasteiger charge is -2.26. The maximum atomic E-state index is 12.9. The second kappa shape index (κ2) is 37.6. The Labute approximate surface area is 334 Å². The number of quaternary nitrogens is 1. The summed E-state index contributed by atoms with van der Waals surface area (Å²) in [6.45, 7) is 4.86. The normalized spacial score (nSPS) is 14.6. The van der Waals surface area contributed by atoms with Crippen LogP contribution in [0.2, 0.25) is 0 Å². The highest BCUT2D eigenvalue weighted by Gasteiger charge is 2.28. The molecule has 9 heteroatoms. The van der Waals surface area contributed by atoms with E-state index in [2.05, 4.69) is 43.5 Å². The van der Waals surface area contributed by atoms with Crippen molar-refractivity contribution in [3.05, 3.63) is 24.3 Å². The quantitative estimate of drug-likeness (QED) is 0.0247. The second-order valence-electron chi connectivity index (χ2n) is 16.8. The van der Waals surface area contributed by atoms with Gasteiger partial charge >= 0.3 is 7.82 Å². The topological polar surface area (TPSA) is 105 Å².